The van der Waals surface area contributed by atoms with E-state index in [4.69, 9.17) is 11.5 Å². The second-order valence-electron chi connectivity index (χ2n) is 8.35. The van der Waals surface area contributed by atoms with Crippen LogP contribution in [0.25, 0.3) is 0 Å². The van der Waals surface area contributed by atoms with Crippen LogP contribution in [0.2, 0.25) is 0 Å². The first-order valence-electron chi connectivity index (χ1n) is 10.8. The molecule has 178 valence electrons. The van der Waals surface area contributed by atoms with Crippen molar-refractivity contribution in [2.75, 3.05) is 18.8 Å². The summed E-state index contributed by atoms with van der Waals surface area (Å²) in [5.74, 6) is -2.39. The predicted molar refractivity (Wildman–Crippen MR) is 120 cm³/mol. The summed E-state index contributed by atoms with van der Waals surface area (Å²) in [5, 5.41) is 14.6. The number of thiol groups is 1. The smallest absolute Gasteiger partial charge is 0.326 e. The molecule has 3 amide bonds. The van der Waals surface area contributed by atoms with Gasteiger partial charge in [0.05, 0.1) is 6.04 Å². The van der Waals surface area contributed by atoms with Gasteiger partial charge in [0, 0.05) is 12.3 Å². The van der Waals surface area contributed by atoms with Crippen LogP contribution in [-0.4, -0.2) is 76.7 Å². The number of carbonyl (C=O) groups is 4. The number of carboxylic acid groups (broad SMARTS) is 1. The molecule has 0 aromatic rings. The highest BCUT2D eigenvalue weighted by atomic mass is 32.1. The van der Waals surface area contributed by atoms with Gasteiger partial charge in [-0.15, -0.1) is 0 Å². The molecule has 11 heteroatoms. The van der Waals surface area contributed by atoms with Crippen molar-refractivity contribution in [3.8, 4) is 0 Å². The molecule has 1 heterocycles. The van der Waals surface area contributed by atoms with Crippen LogP contribution < -0.4 is 22.1 Å². The number of likely N-dealkylation sites (tertiary alicyclic amines) is 1. The SMILES string of the molecule is CC(C)CC(NC(=O)C(CS)NC(=O)C(N)CCCCN)C(=O)N1CCCC1C(=O)O. The lowest BCUT2D eigenvalue weighted by Crippen LogP contribution is -2.57. The van der Waals surface area contributed by atoms with Crippen LogP contribution in [0.4, 0.5) is 0 Å². The fourth-order valence-corrected chi connectivity index (χ4v) is 3.82. The fourth-order valence-electron chi connectivity index (χ4n) is 3.57. The lowest BCUT2D eigenvalue weighted by molar-refractivity contribution is -0.149. The number of rotatable bonds is 13. The maximum absolute atomic E-state index is 13.0. The zero-order chi connectivity index (χ0) is 23.6. The van der Waals surface area contributed by atoms with Crippen molar-refractivity contribution in [1.29, 1.82) is 0 Å². The van der Waals surface area contributed by atoms with Gasteiger partial charge in [-0.2, -0.15) is 12.6 Å². The molecule has 1 fully saturated rings. The Kier molecular flexibility index (Phi) is 11.9. The third-order valence-corrected chi connectivity index (χ3v) is 5.63. The van der Waals surface area contributed by atoms with Gasteiger partial charge in [-0.1, -0.05) is 20.3 Å². The number of unbranched alkanes of at least 4 members (excludes halogenated alkanes) is 1. The van der Waals surface area contributed by atoms with Gasteiger partial charge >= 0.3 is 5.97 Å². The van der Waals surface area contributed by atoms with Gasteiger partial charge in [-0.05, 0) is 44.6 Å². The minimum Gasteiger partial charge on any atom is -0.480 e. The number of carboxylic acids is 1. The van der Waals surface area contributed by atoms with Crippen LogP contribution in [0.1, 0.15) is 52.4 Å². The summed E-state index contributed by atoms with van der Waals surface area (Å²) in [4.78, 5) is 50.9. The van der Waals surface area contributed by atoms with Gasteiger partial charge in [-0.25, -0.2) is 4.79 Å². The maximum Gasteiger partial charge on any atom is 0.326 e. The number of hydrogen-bond acceptors (Lipinski definition) is 7. The summed E-state index contributed by atoms with van der Waals surface area (Å²) in [7, 11) is 0. The minimum absolute atomic E-state index is 0.0249. The van der Waals surface area contributed by atoms with Gasteiger partial charge < -0.3 is 32.1 Å². The highest BCUT2D eigenvalue weighted by Gasteiger charge is 2.38. The molecule has 1 saturated heterocycles. The molecule has 0 aliphatic carbocycles. The Morgan fingerprint density at radius 3 is 2.32 bits per heavy atom. The summed E-state index contributed by atoms with van der Waals surface area (Å²) >= 11 is 4.15. The number of nitrogens with two attached hydrogens (primary N) is 2. The van der Waals surface area contributed by atoms with Crippen molar-refractivity contribution >= 4 is 36.3 Å². The Bertz CT molecular complexity index is 633. The second-order valence-corrected chi connectivity index (χ2v) is 8.72. The van der Waals surface area contributed by atoms with E-state index < -0.39 is 47.9 Å². The van der Waals surface area contributed by atoms with Crippen LogP contribution in [0.5, 0.6) is 0 Å². The molecule has 4 atom stereocenters. The molecule has 31 heavy (non-hydrogen) atoms. The summed E-state index contributed by atoms with van der Waals surface area (Å²) in [6, 6.07) is -3.50. The molecule has 4 unspecified atom stereocenters. The maximum atomic E-state index is 13.0. The van der Waals surface area contributed by atoms with E-state index in [1.54, 1.807) is 0 Å². The van der Waals surface area contributed by atoms with E-state index in [-0.39, 0.29) is 11.7 Å². The molecular formula is C20H37N5O5S. The normalized spacial score (nSPS) is 19.0. The second kappa shape index (κ2) is 13.5. The van der Waals surface area contributed by atoms with E-state index in [2.05, 4.69) is 23.3 Å². The van der Waals surface area contributed by atoms with Crippen molar-refractivity contribution in [2.45, 2.75) is 76.5 Å². The molecule has 1 aliphatic heterocycles. The lowest BCUT2D eigenvalue weighted by atomic mass is 10.0. The highest BCUT2D eigenvalue weighted by Crippen LogP contribution is 2.20. The number of carbonyl (C=O) groups excluding carboxylic acids is 3. The topological polar surface area (TPSA) is 168 Å². The van der Waals surface area contributed by atoms with Gasteiger partial charge in [0.25, 0.3) is 0 Å². The molecule has 0 aromatic carbocycles. The Labute approximate surface area is 189 Å². The summed E-state index contributed by atoms with van der Waals surface area (Å²) in [6.07, 6.45) is 3.24. The zero-order valence-corrected chi connectivity index (χ0v) is 19.3. The van der Waals surface area contributed by atoms with Crippen LogP contribution in [0.15, 0.2) is 0 Å². The molecule has 0 aromatic heterocycles. The first kappa shape index (κ1) is 27.2. The lowest BCUT2D eigenvalue weighted by Gasteiger charge is -2.29. The minimum atomic E-state index is -1.05. The molecular weight excluding hydrogens is 422 g/mol. The quantitative estimate of drug-likeness (QED) is 0.159. The molecule has 0 bridgehead atoms. The van der Waals surface area contributed by atoms with Gasteiger partial charge in [0.2, 0.25) is 17.7 Å². The Morgan fingerprint density at radius 1 is 1.13 bits per heavy atom. The average molecular weight is 460 g/mol. The van der Waals surface area contributed by atoms with Gasteiger partial charge in [0.1, 0.15) is 18.1 Å². The van der Waals surface area contributed by atoms with Crippen LogP contribution >= 0.6 is 12.6 Å². The Morgan fingerprint density at radius 2 is 1.77 bits per heavy atom. The Balaban J connectivity index is 2.81. The van der Waals surface area contributed by atoms with Crippen molar-refractivity contribution < 1.29 is 24.3 Å². The van der Waals surface area contributed by atoms with E-state index >= 15 is 0 Å². The van der Waals surface area contributed by atoms with Crippen LogP contribution in [0.3, 0.4) is 0 Å². The predicted octanol–water partition coefficient (Wildman–Crippen LogP) is -0.536. The first-order valence-corrected chi connectivity index (χ1v) is 11.5. The molecule has 1 aliphatic rings. The number of nitrogens with one attached hydrogen (secondary N) is 2. The summed E-state index contributed by atoms with van der Waals surface area (Å²) < 4.78 is 0. The van der Waals surface area contributed by atoms with E-state index in [0.29, 0.717) is 45.2 Å². The van der Waals surface area contributed by atoms with E-state index in [0.717, 1.165) is 6.42 Å². The third-order valence-electron chi connectivity index (χ3n) is 5.26. The first-order chi connectivity index (χ1) is 14.6. The van der Waals surface area contributed by atoms with Crippen molar-refractivity contribution in [1.82, 2.24) is 15.5 Å². The fraction of sp³-hybridized carbons (Fsp3) is 0.800. The molecule has 1 rings (SSSR count). The standard InChI is InChI=1S/C20H37N5O5S/c1-12(2)10-14(19(28)25-9-5-7-16(25)20(29)30)23-18(27)15(11-31)24-17(26)13(22)6-3-4-8-21/h12-16,31H,3-11,21-22H2,1-2H3,(H,23,27)(H,24,26)(H,29,30). The molecule has 0 radical (unpaired) electrons. The Hall–Kier alpha value is -1.85. The van der Waals surface area contributed by atoms with E-state index in [1.807, 2.05) is 13.8 Å². The monoisotopic (exact) mass is 459 g/mol. The number of amides is 3. The van der Waals surface area contributed by atoms with Crippen molar-refractivity contribution in [3.63, 3.8) is 0 Å². The van der Waals surface area contributed by atoms with Crippen molar-refractivity contribution in [3.05, 3.63) is 0 Å². The van der Waals surface area contributed by atoms with Gasteiger partial charge in [-0.3, -0.25) is 14.4 Å². The molecule has 0 spiro atoms. The van der Waals surface area contributed by atoms with Crippen molar-refractivity contribution in [2.24, 2.45) is 17.4 Å². The molecule has 7 N–H and O–H groups in total. The number of hydrogen-bond donors (Lipinski definition) is 6. The number of nitrogens with zero attached hydrogens (tertiary/aromatic N) is 1. The van der Waals surface area contributed by atoms with Crippen LogP contribution in [-0.2, 0) is 19.2 Å². The average Bonchev–Trinajstić information content (AvgIpc) is 3.20. The summed E-state index contributed by atoms with van der Waals surface area (Å²) in [6.45, 7) is 4.67. The molecule has 0 saturated carbocycles. The summed E-state index contributed by atoms with van der Waals surface area (Å²) in [5.41, 5.74) is 11.3. The highest BCUT2D eigenvalue weighted by molar-refractivity contribution is 7.80. The largest absolute Gasteiger partial charge is 0.480 e. The third kappa shape index (κ3) is 8.66. The van der Waals surface area contributed by atoms with E-state index in [9.17, 15) is 24.3 Å². The zero-order valence-electron chi connectivity index (χ0n) is 18.4. The van der Waals surface area contributed by atoms with E-state index in [1.165, 1.54) is 4.90 Å². The number of aliphatic carboxylic acids is 1. The van der Waals surface area contributed by atoms with Gasteiger partial charge in [0.15, 0.2) is 0 Å². The molecule has 10 nitrogen and oxygen atoms in total. The van der Waals surface area contributed by atoms with Crippen LogP contribution in [0, 0.1) is 5.92 Å².